The Hall–Kier alpha value is -1.52. The van der Waals surface area contributed by atoms with Crippen molar-refractivity contribution in [2.24, 2.45) is 0 Å². The first kappa shape index (κ1) is 14.5. The van der Waals surface area contributed by atoms with Gasteiger partial charge < -0.3 is 30.6 Å². The first-order valence-electron chi connectivity index (χ1n) is 4.91. The van der Waals surface area contributed by atoms with Crippen LogP contribution in [0.2, 0.25) is 0 Å². The number of ether oxygens (including phenoxy) is 2. The lowest BCUT2D eigenvalue weighted by molar-refractivity contribution is -0.0234. The van der Waals surface area contributed by atoms with Gasteiger partial charge in [0.1, 0.15) is 18.3 Å². The van der Waals surface area contributed by atoms with Crippen molar-refractivity contribution >= 4 is 0 Å². The Morgan fingerprint density at radius 2 is 2.17 bits per heavy atom. The molecule has 1 fully saturated rings. The van der Waals surface area contributed by atoms with Gasteiger partial charge in [-0.2, -0.15) is 0 Å². The Labute approximate surface area is 101 Å². The molecule has 102 valence electrons. The number of hydrogen-bond acceptors (Lipinski definition) is 6. The maximum Gasteiger partial charge on any atom is 0.347 e. The number of nitrogens with zero attached hydrogens (tertiary/aromatic N) is 1. The fourth-order valence-corrected chi connectivity index (χ4v) is 2.09. The van der Waals surface area contributed by atoms with Crippen molar-refractivity contribution in [2.45, 2.75) is 24.4 Å². The van der Waals surface area contributed by atoms with Gasteiger partial charge in [-0.25, -0.2) is 9.78 Å². The van der Waals surface area contributed by atoms with Crippen molar-refractivity contribution in [2.75, 3.05) is 6.61 Å². The molecule has 1 saturated heterocycles. The molecule has 2 aliphatic heterocycles. The minimum absolute atomic E-state index is 0. The molecule has 1 aromatic heterocycles. The summed E-state index contributed by atoms with van der Waals surface area (Å²) in [5.41, 5.74) is 0.0894. The first-order chi connectivity index (χ1) is 7.70. The van der Waals surface area contributed by atoms with E-state index >= 15 is 0 Å². The van der Waals surface area contributed by atoms with Gasteiger partial charge in [-0.05, 0) is 0 Å². The Bertz CT molecular complexity index is 476. The second kappa shape index (κ2) is 5.00. The van der Waals surface area contributed by atoms with Crippen LogP contribution < -0.4 is 10.4 Å². The van der Waals surface area contributed by atoms with Crippen molar-refractivity contribution < 1.29 is 30.6 Å². The zero-order valence-electron chi connectivity index (χ0n) is 9.16. The van der Waals surface area contributed by atoms with Crippen LogP contribution in [0.1, 0.15) is 11.7 Å². The monoisotopic (exact) mass is 262 g/mol. The summed E-state index contributed by atoms with van der Waals surface area (Å²) in [5.74, 6) is 0.283. The first-order valence-corrected chi connectivity index (χ1v) is 4.91. The van der Waals surface area contributed by atoms with Gasteiger partial charge in [-0.15, -0.1) is 0 Å². The van der Waals surface area contributed by atoms with Crippen LogP contribution in [0.3, 0.4) is 0 Å². The minimum atomic E-state index is -0.911. The zero-order valence-corrected chi connectivity index (χ0v) is 9.16. The molecule has 0 unspecified atom stereocenters. The van der Waals surface area contributed by atoms with E-state index < -0.39 is 30.1 Å². The molecule has 0 spiro atoms. The Kier molecular flexibility index (Phi) is 4.04. The van der Waals surface area contributed by atoms with Gasteiger partial charge in [0, 0.05) is 6.20 Å². The van der Waals surface area contributed by atoms with Gasteiger partial charge in [0.15, 0.2) is 6.10 Å². The zero-order chi connectivity index (χ0) is 11.3. The van der Waals surface area contributed by atoms with Crippen molar-refractivity contribution in [3.8, 4) is 5.88 Å². The lowest BCUT2D eigenvalue weighted by Gasteiger charge is -2.14. The van der Waals surface area contributed by atoms with Crippen LogP contribution in [0.25, 0.3) is 0 Å². The van der Waals surface area contributed by atoms with Gasteiger partial charge in [-0.3, -0.25) is 4.98 Å². The summed E-state index contributed by atoms with van der Waals surface area (Å²) >= 11 is 0. The van der Waals surface area contributed by atoms with E-state index in [-0.39, 0.29) is 23.4 Å². The normalized spacial score (nSPS) is 31.7. The molecule has 0 radical (unpaired) electrons. The molecule has 4 atom stereocenters. The smallest absolute Gasteiger partial charge is 0.347 e. The molecular weight excluding hydrogens is 248 g/mol. The average Bonchev–Trinajstić information content (AvgIpc) is 2.75. The number of H-pyrrole nitrogens is 1. The molecule has 9 heteroatoms. The van der Waals surface area contributed by atoms with E-state index in [1.54, 1.807) is 0 Å². The summed E-state index contributed by atoms with van der Waals surface area (Å²) in [6.07, 6.45) is -1.27. The van der Waals surface area contributed by atoms with E-state index in [1.807, 2.05) is 0 Å². The molecule has 2 aliphatic rings. The highest BCUT2D eigenvalue weighted by molar-refractivity contribution is 5.33. The number of nitrogens with one attached hydrogen (secondary N) is 1. The van der Waals surface area contributed by atoms with Crippen molar-refractivity contribution in [3.63, 3.8) is 0 Å². The minimum Gasteiger partial charge on any atom is -0.469 e. The number of fused-ring (bicyclic) bond motifs is 3. The van der Waals surface area contributed by atoms with Crippen molar-refractivity contribution in [1.82, 2.24) is 9.97 Å². The van der Waals surface area contributed by atoms with Crippen LogP contribution in [0, 0.1) is 0 Å². The summed E-state index contributed by atoms with van der Waals surface area (Å²) in [4.78, 5) is 17.0. The Balaban J connectivity index is 0.000000810. The van der Waals surface area contributed by atoms with Crippen LogP contribution in [0.4, 0.5) is 0 Å². The topological polar surface area (TPSA) is 168 Å². The Morgan fingerprint density at radius 3 is 2.83 bits per heavy atom. The quantitative estimate of drug-likeness (QED) is 0.478. The number of aliphatic hydroxyl groups excluding tert-OH is 2. The predicted octanol–water partition coefficient (Wildman–Crippen LogP) is -3.33. The number of aliphatic hydroxyl groups is 2. The van der Waals surface area contributed by atoms with Crippen LogP contribution in [-0.2, 0) is 4.74 Å². The lowest BCUT2D eigenvalue weighted by atomic mass is 10.1. The van der Waals surface area contributed by atoms with E-state index in [4.69, 9.17) is 14.6 Å². The predicted molar refractivity (Wildman–Crippen MR) is 57.2 cm³/mol. The number of hydrogen-bond donors (Lipinski definition) is 3. The van der Waals surface area contributed by atoms with Crippen molar-refractivity contribution in [3.05, 3.63) is 22.2 Å². The van der Waals surface area contributed by atoms with Crippen LogP contribution in [0.15, 0.2) is 11.0 Å². The maximum atomic E-state index is 11.0. The Morgan fingerprint density at radius 1 is 1.44 bits per heavy atom. The number of rotatable bonds is 1. The highest BCUT2D eigenvalue weighted by Crippen LogP contribution is 2.43. The summed E-state index contributed by atoms with van der Waals surface area (Å²) in [6, 6.07) is 0. The fraction of sp³-hybridized carbons (Fsp3) is 0.556. The molecule has 7 N–H and O–H groups in total. The standard InChI is InChI=1S/C9H10N2O5.2H2O/c12-2-4-5(13)7-6(15-4)3-1-10-9(14)11-8(3)16-7;;/h1,4-7,12-13H,2H2,(H,10,11,14);2*1H2/t4-,5-,6+,7+;;/m1../s1. The fourth-order valence-electron chi connectivity index (χ4n) is 2.09. The van der Waals surface area contributed by atoms with Gasteiger partial charge >= 0.3 is 5.69 Å². The molecule has 3 rings (SSSR count). The molecule has 3 heterocycles. The van der Waals surface area contributed by atoms with E-state index in [1.165, 1.54) is 6.20 Å². The van der Waals surface area contributed by atoms with E-state index in [2.05, 4.69) is 9.97 Å². The number of aromatic amines is 1. The summed E-state index contributed by atoms with van der Waals surface area (Å²) in [5, 5.41) is 18.7. The van der Waals surface area contributed by atoms with E-state index in [9.17, 15) is 9.90 Å². The van der Waals surface area contributed by atoms with Crippen molar-refractivity contribution in [1.29, 1.82) is 0 Å². The maximum absolute atomic E-state index is 11.0. The molecule has 0 aromatic carbocycles. The number of aromatic nitrogens is 2. The SMILES string of the molecule is O.O.O=c1ncc2c([nH]1)O[C@H]1[C@H](O)[C@@H](CO)O[C@@H]21. The van der Waals surface area contributed by atoms with Gasteiger partial charge in [0.2, 0.25) is 5.88 Å². The van der Waals surface area contributed by atoms with Crippen LogP contribution in [0.5, 0.6) is 5.88 Å². The lowest BCUT2D eigenvalue weighted by Crippen LogP contribution is -2.34. The van der Waals surface area contributed by atoms with Crippen LogP contribution >= 0.6 is 0 Å². The highest BCUT2D eigenvalue weighted by atomic mass is 16.6. The molecule has 18 heavy (non-hydrogen) atoms. The molecule has 9 nitrogen and oxygen atoms in total. The highest BCUT2D eigenvalue weighted by Gasteiger charge is 2.51. The van der Waals surface area contributed by atoms with E-state index in [0.717, 1.165) is 0 Å². The molecular formula is C9H14N2O7. The summed E-state index contributed by atoms with van der Waals surface area (Å²) in [7, 11) is 0. The third-order valence-corrected chi connectivity index (χ3v) is 2.88. The third kappa shape index (κ3) is 1.87. The third-order valence-electron chi connectivity index (χ3n) is 2.88. The second-order valence-electron chi connectivity index (χ2n) is 3.82. The largest absolute Gasteiger partial charge is 0.469 e. The van der Waals surface area contributed by atoms with Gasteiger partial charge in [0.25, 0.3) is 0 Å². The average molecular weight is 262 g/mol. The molecule has 0 bridgehead atoms. The van der Waals surface area contributed by atoms with Gasteiger partial charge in [-0.1, -0.05) is 0 Å². The molecule has 1 aromatic rings. The van der Waals surface area contributed by atoms with E-state index in [0.29, 0.717) is 5.56 Å². The summed E-state index contributed by atoms with van der Waals surface area (Å²) in [6.45, 7) is -0.274. The molecule has 0 aliphatic carbocycles. The molecule has 0 amide bonds. The molecule has 0 saturated carbocycles. The summed E-state index contributed by atoms with van der Waals surface area (Å²) < 4.78 is 10.8. The van der Waals surface area contributed by atoms with Gasteiger partial charge in [0.05, 0.1) is 12.2 Å². The van der Waals surface area contributed by atoms with Crippen LogP contribution in [-0.4, -0.2) is 56.1 Å². The second-order valence-corrected chi connectivity index (χ2v) is 3.82.